The molecular formula is C16H14BrClN2O2S. The summed E-state index contributed by atoms with van der Waals surface area (Å²) < 4.78 is 6.42. The molecule has 2 N–H and O–H groups in total. The number of ether oxygens (including phenoxy) is 1. The predicted octanol–water partition coefficient (Wildman–Crippen LogP) is 4.30. The van der Waals surface area contributed by atoms with Gasteiger partial charge in [0.1, 0.15) is 5.75 Å². The van der Waals surface area contributed by atoms with Crippen LogP contribution in [0.3, 0.4) is 0 Å². The normalized spacial score (nSPS) is 10.0. The van der Waals surface area contributed by atoms with Crippen molar-refractivity contribution >= 4 is 56.5 Å². The highest BCUT2D eigenvalue weighted by molar-refractivity contribution is 9.10. The Balaban J connectivity index is 1.82. The lowest BCUT2D eigenvalue weighted by Crippen LogP contribution is -2.37. The fraction of sp³-hybridized carbons (Fsp3) is 0.125. The Morgan fingerprint density at radius 1 is 1.26 bits per heavy atom. The number of amides is 1. The number of hydrogen-bond acceptors (Lipinski definition) is 3. The van der Waals surface area contributed by atoms with Crippen LogP contribution >= 0.6 is 39.7 Å². The van der Waals surface area contributed by atoms with Gasteiger partial charge in [-0.2, -0.15) is 0 Å². The van der Waals surface area contributed by atoms with Gasteiger partial charge in [-0.3, -0.25) is 10.1 Å². The highest BCUT2D eigenvalue weighted by Crippen LogP contribution is 2.21. The first-order valence-corrected chi connectivity index (χ1v) is 8.27. The van der Waals surface area contributed by atoms with Gasteiger partial charge in [0.05, 0.1) is 0 Å². The predicted molar refractivity (Wildman–Crippen MR) is 100 cm³/mol. The summed E-state index contributed by atoms with van der Waals surface area (Å²) in [6.07, 6.45) is 0. The van der Waals surface area contributed by atoms with Crippen molar-refractivity contribution in [3.05, 3.63) is 57.5 Å². The third-order valence-electron chi connectivity index (χ3n) is 2.85. The van der Waals surface area contributed by atoms with Crippen LogP contribution in [0.15, 0.2) is 46.9 Å². The maximum Gasteiger partial charge on any atom is 0.264 e. The number of anilines is 1. The summed E-state index contributed by atoms with van der Waals surface area (Å²) in [4.78, 5) is 11.9. The third-order valence-corrected chi connectivity index (χ3v) is 3.82. The van der Waals surface area contributed by atoms with E-state index in [4.69, 9.17) is 28.6 Å². The molecule has 0 radical (unpaired) electrons. The van der Waals surface area contributed by atoms with Gasteiger partial charge in [0.25, 0.3) is 5.91 Å². The van der Waals surface area contributed by atoms with Gasteiger partial charge in [-0.25, -0.2) is 0 Å². The summed E-state index contributed by atoms with van der Waals surface area (Å²) in [5, 5.41) is 6.33. The van der Waals surface area contributed by atoms with Crippen molar-refractivity contribution in [2.24, 2.45) is 0 Å². The highest BCUT2D eigenvalue weighted by Gasteiger charge is 2.07. The van der Waals surface area contributed by atoms with Gasteiger partial charge in [-0.1, -0.05) is 27.5 Å². The van der Waals surface area contributed by atoms with Crippen molar-refractivity contribution in [1.29, 1.82) is 0 Å². The van der Waals surface area contributed by atoms with E-state index in [2.05, 4.69) is 26.6 Å². The molecule has 4 nitrogen and oxygen atoms in total. The average molecular weight is 414 g/mol. The molecule has 0 unspecified atom stereocenters. The van der Waals surface area contributed by atoms with Crippen LogP contribution in [-0.2, 0) is 4.79 Å². The molecule has 23 heavy (non-hydrogen) atoms. The summed E-state index contributed by atoms with van der Waals surface area (Å²) in [6, 6.07) is 12.6. The minimum absolute atomic E-state index is 0.134. The van der Waals surface area contributed by atoms with Gasteiger partial charge in [0.15, 0.2) is 11.7 Å². The highest BCUT2D eigenvalue weighted by atomic mass is 79.9. The molecule has 120 valence electrons. The maximum atomic E-state index is 11.9. The van der Waals surface area contributed by atoms with Crippen LogP contribution in [0.25, 0.3) is 0 Å². The third kappa shape index (κ3) is 5.82. The molecule has 2 aromatic carbocycles. The zero-order chi connectivity index (χ0) is 16.8. The van der Waals surface area contributed by atoms with E-state index < -0.39 is 0 Å². The second-order valence-corrected chi connectivity index (χ2v) is 6.47. The molecule has 0 aliphatic carbocycles. The van der Waals surface area contributed by atoms with Crippen molar-refractivity contribution in [2.75, 3.05) is 11.9 Å². The Morgan fingerprint density at radius 2 is 1.96 bits per heavy atom. The summed E-state index contributed by atoms with van der Waals surface area (Å²) in [5.41, 5.74) is 1.65. The van der Waals surface area contributed by atoms with Crippen molar-refractivity contribution in [3.8, 4) is 5.75 Å². The van der Waals surface area contributed by atoms with Crippen molar-refractivity contribution < 1.29 is 9.53 Å². The number of rotatable bonds is 4. The molecular weight excluding hydrogens is 400 g/mol. The number of nitrogens with one attached hydrogen (secondary N) is 2. The SMILES string of the molecule is Cc1cc(Cl)ccc1OCC(=O)NC(=S)Nc1ccc(Br)cc1. The zero-order valence-corrected chi connectivity index (χ0v) is 15.4. The second kappa shape index (κ2) is 8.29. The number of benzene rings is 2. The minimum atomic E-state index is -0.339. The van der Waals surface area contributed by atoms with Crippen LogP contribution in [0.5, 0.6) is 5.75 Å². The summed E-state index contributed by atoms with van der Waals surface area (Å²) >= 11 is 14.3. The van der Waals surface area contributed by atoms with E-state index in [1.165, 1.54) is 0 Å². The van der Waals surface area contributed by atoms with Crippen LogP contribution in [0.4, 0.5) is 5.69 Å². The molecule has 0 fully saturated rings. The van der Waals surface area contributed by atoms with Crippen molar-refractivity contribution in [2.45, 2.75) is 6.92 Å². The molecule has 0 bridgehead atoms. The van der Waals surface area contributed by atoms with E-state index in [1.54, 1.807) is 18.2 Å². The van der Waals surface area contributed by atoms with Crippen LogP contribution < -0.4 is 15.4 Å². The summed E-state index contributed by atoms with van der Waals surface area (Å²) in [7, 11) is 0. The molecule has 0 aliphatic heterocycles. The first-order valence-electron chi connectivity index (χ1n) is 6.69. The standard InChI is InChI=1S/C16H14BrClN2O2S/c1-10-8-12(18)4-7-14(10)22-9-15(21)20-16(23)19-13-5-2-11(17)3-6-13/h2-8H,9H2,1H3,(H2,19,20,21,23). The molecule has 0 saturated heterocycles. The molecule has 0 aliphatic rings. The Kier molecular flexibility index (Phi) is 6.38. The van der Waals surface area contributed by atoms with E-state index in [0.29, 0.717) is 10.8 Å². The van der Waals surface area contributed by atoms with E-state index in [0.717, 1.165) is 15.7 Å². The largest absolute Gasteiger partial charge is 0.483 e. The number of carbonyl (C=O) groups is 1. The minimum Gasteiger partial charge on any atom is -0.483 e. The Labute approximate surface area is 153 Å². The molecule has 7 heteroatoms. The Bertz CT molecular complexity index is 723. The van der Waals surface area contributed by atoms with E-state index in [9.17, 15) is 4.79 Å². The number of aryl methyl sites for hydroxylation is 1. The topological polar surface area (TPSA) is 50.4 Å². The maximum absolute atomic E-state index is 11.9. The fourth-order valence-electron chi connectivity index (χ4n) is 1.78. The quantitative estimate of drug-likeness (QED) is 0.734. The smallest absolute Gasteiger partial charge is 0.264 e. The number of halogens is 2. The number of thiocarbonyl (C=S) groups is 1. The van der Waals surface area contributed by atoms with Crippen LogP contribution in [0.2, 0.25) is 5.02 Å². The Morgan fingerprint density at radius 3 is 2.61 bits per heavy atom. The second-order valence-electron chi connectivity index (χ2n) is 4.71. The molecule has 0 heterocycles. The van der Waals surface area contributed by atoms with Crippen LogP contribution in [-0.4, -0.2) is 17.6 Å². The lowest BCUT2D eigenvalue weighted by Gasteiger charge is -2.11. The lowest BCUT2D eigenvalue weighted by atomic mass is 10.2. The molecule has 0 atom stereocenters. The van der Waals surface area contributed by atoms with Gasteiger partial charge in [-0.05, 0) is 67.2 Å². The molecule has 2 aromatic rings. The van der Waals surface area contributed by atoms with E-state index in [1.807, 2.05) is 31.2 Å². The zero-order valence-electron chi connectivity index (χ0n) is 12.2. The average Bonchev–Trinajstić information content (AvgIpc) is 2.48. The molecule has 2 rings (SSSR count). The lowest BCUT2D eigenvalue weighted by molar-refractivity contribution is -0.121. The van der Waals surface area contributed by atoms with Gasteiger partial charge >= 0.3 is 0 Å². The van der Waals surface area contributed by atoms with Gasteiger partial charge in [-0.15, -0.1) is 0 Å². The fourth-order valence-corrected chi connectivity index (χ4v) is 2.50. The molecule has 0 saturated carbocycles. The molecule has 1 amide bonds. The van der Waals surface area contributed by atoms with E-state index >= 15 is 0 Å². The monoisotopic (exact) mass is 412 g/mol. The molecule has 0 spiro atoms. The summed E-state index contributed by atoms with van der Waals surface area (Å²) in [6.45, 7) is 1.73. The summed E-state index contributed by atoms with van der Waals surface area (Å²) in [5.74, 6) is 0.269. The number of carbonyl (C=O) groups excluding carboxylic acids is 1. The van der Waals surface area contributed by atoms with Gasteiger partial charge in [0.2, 0.25) is 0 Å². The van der Waals surface area contributed by atoms with Crippen LogP contribution in [0.1, 0.15) is 5.56 Å². The van der Waals surface area contributed by atoms with Gasteiger partial charge < -0.3 is 10.1 Å². The van der Waals surface area contributed by atoms with Crippen molar-refractivity contribution in [3.63, 3.8) is 0 Å². The van der Waals surface area contributed by atoms with Gasteiger partial charge in [0, 0.05) is 15.2 Å². The number of hydrogen-bond donors (Lipinski definition) is 2. The molecule has 0 aromatic heterocycles. The first-order chi connectivity index (χ1) is 10.9. The van der Waals surface area contributed by atoms with Crippen LogP contribution in [0, 0.1) is 6.92 Å². The Hall–Kier alpha value is -1.63. The first kappa shape index (κ1) is 17.7. The van der Waals surface area contributed by atoms with Crippen molar-refractivity contribution in [1.82, 2.24) is 5.32 Å². The van der Waals surface area contributed by atoms with E-state index in [-0.39, 0.29) is 17.6 Å².